The van der Waals surface area contributed by atoms with Crippen molar-refractivity contribution in [3.05, 3.63) is 35.0 Å². The highest BCUT2D eigenvalue weighted by Gasteiger charge is 2.34. The second-order valence-corrected chi connectivity index (χ2v) is 5.08. The van der Waals surface area contributed by atoms with E-state index in [0.717, 1.165) is 6.07 Å². The molecule has 0 atom stereocenters. The first kappa shape index (κ1) is 15.9. The van der Waals surface area contributed by atoms with Crippen molar-refractivity contribution in [3.63, 3.8) is 0 Å². The van der Waals surface area contributed by atoms with Gasteiger partial charge in [-0.2, -0.15) is 13.2 Å². The van der Waals surface area contributed by atoms with Gasteiger partial charge in [0, 0.05) is 23.3 Å². The van der Waals surface area contributed by atoms with Crippen LogP contribution in [-0.2, 0) is 23.3 Å². The molecular formula is C14H13BrF3NO2. The number of carbonyl (C=O) groups excluding carboxylic acids is 1. The largest absolute Gasteiger partial charge is 0.461 e. The third kappa shape index (κ3) is 2.92. The number of halogens is 4. The minimum Gasteiger partial charge on any atom is -0.461 e. The summed E-state index contributed by atoms with van der Waals surface area (Å²) in [4.78, 5) is 11.8. The summed E-state index contributed by atoms with van der Waals surface area (Å²) in [5.74, 6) is -0.635. The number of nitrogens with zero attached hydrogens (tertiary/aromatic N) is 1. The average Bonchev–Trinajstić information content (AvgIpc) is 2.74. The highest BCUT2D eigenvalue weighted by atomic mass is 79.9. The summed E-state index contributed by atoms with van der Waals surface area (Å²) in [6, 6.07) is 3.95. The van der Waals surface area contributed by atoms with Crippen LogP contribution in [0.15, 0.2) is 18.2 Å². The number of fused-ring (bicyclic) bond motifs is 1. The normalized spacial score (nSPS) is 11.9. The molecule has 0 aliphatic rings. The number of benzene rings is 1. The van der Waals surface area contributed by atoms with Crippen LogP contribution in [0.4, 0.5) is 13.2 Å². The molecule has 0 bridgehead atoms. The van der Waals surface area contributed by atoms with E-state index in [1.807, 2.05) is 0 Å². The van der Waals surface area contributed by atoms with E-state index < -0.39 is 17.7 Å². The maximum absolute atomic E-state index is 13.2. The van der Waals surface area contributed by atoms with E-state index in [4.69, 9.17) is 4.74 Å². The molecule has 0 unspecified atom stereocenters. The lowest BCUT2D eigenvalue weighted by Gasteiger charge is -2.10. The van der Waals surface area contributed by atoms with Crippen LogP contribution in [0.3, 0.4) is 0 Å². The molecule has 1 aromatic carbocycles. The van der Waals surface area contributed by atoms with Crippen LogP contribution in [0, 0.1) is 0 Å². The van der Waals surface area contributed by atoms with E-state index >= 15 is 0 Å². The first-order valence-corrected chi connectivity index (χ1v) is 7.34. The van der Waals surface area contributed by atoms with Crippen molar-refractivity contribution in [2.45, 2.75) is 18.4 Å². The zero-order valence-corrected chi connectivity index (χ0v) is 13.0. The zero-order chi connectivity index (χ0) is 15.8. The van der Waals surface area contributed by atoms with Crippen LogP contribution < -0.4 is 0 Å². The van der Waals surface area contributed by atoms with E-state index in [0.29, 0.717) is 16.4 Å². The van der Waals surface area contributed by atoms with Gasteiger partial charge in [0.05, 0.1) is 12.2 Å². The van der Waals surface area contributed by atoms with Crippen LogP contribution in [0.2, 0.25) is 0 Å². The summed E-state index contributed by atoms with van der Waals surface area (Å²) < 4.78 is 45.8. The Bertz CT molecular complexity index is 692. The molecule has 0 spiro atoms. The van der Waals surface area contributed by atoms with Crippen molar-refractivity contribution in [1.29, 1.82) is 0 Å². The number of aryl methyl sites for hydroxylation is 1. The van der Waals surface area contributed by atoms with Gasteiger partial charge in [-0.05, 0) is 30.7 Å². The van der Waals surface area contributed by atoms with E-state index in [9.17, 15) is 18.0 Å². The van der Waals surface area contributed by atoms with Crippen molar-refractivity contribution in [2.75, 3.05) is 6.61 Å². The fraction of sp³-hybridized carbons (Fsp3) is 0.357. The van der Waals surface area contributed by atoms with Crippen LogP contribution >= 0.6 is 15.9 Å². The second kappa shape index (κ2) is 5.71. The Labute approximate surface area is 127 Å². The average molecular weight is 364 g/mol. The third-order valence-corrected chi connectivity index (χ3v) is 3.81. The third-order valence-electron chi connectivity index (χ3n) is 3.17. The second-order valence-electron chi connectivity index (χ2n) is 4.52. The minimum absolute atomic E-state index is 0.00208. The molecule has 1 heterocycles. The summed E-state index contributed by atoms with van der Waals surface area (Å²) >= 11 is 3.16. The fourth-order valence-electron chi connectivity index (χ4n) is 2.20. The van der Waals surface area contributed by atoms with Gasteiger partial charge in [0.1, 0.15) is 5.69 Å². The summed E-state index contributed by atoms with van der Waals surface area (Å²) in [5, 5.41) is 0.295. The minimum atomic E-state index is -4.48. The Hall–Kier alpha value is -1.50. The molecule has 0 aliphatic carbocycles. The molecule has 0 saturated carbocycles. The first-order valence-electron chi connectivity index (χ1n) is 6.22. The van der Waals surface area contributed by atoms with Crippen LogP contribution in [0.1, 0.15) is 28.5 Å². The van der Waals surface area contributed by atoms with Gasteiger partial charge in [0.25, 0.3) is 0 Å². The number of alkyl halides is 4. The topological polar surface area (TPSA) is 31.2 Å². The molecule has 1 aromatic heterocycles. The molecule has 2 aromatic rings. The lowest BCUT2D eigenvalue weighted by molar-refractivity contribution is -0.136. The van der Waals surface area contributed by atoms with Crippen LogP contribution in [-0.4, -0.2) is 17.1 Å². The molecule has 0 aliphatic heterocycles. The monoisotopic (exact) mass is 363 g/mol. The van der Waals surface area contributed by atoms with Gasteiger partial charge in [-0.25, -0.2) is 4.79 Å². The molecule has 21 heavy (non-hydrogen) atoms. The quantitative estimate of drug-likeness (QED) is 0.602. The van der Waals surface area contributed by atoms with Gasteiger partial charge in [-0.15, -0.1) is 0 Å². The Morgan fingerprint density at radius 3 is 2.52 bits per heavy atom. The van der Waals surface area contributed by atoms with Crippen molar-refractivity contribution < 1.29 is 22.7 Å². The van der Waals surface area contributed by atoms with Crippen molar-refractivity contribution >= 4 is 32.8 Å². The van der Waals surface area contributed by atoms with Gasteiger partial charge in [0.2, 0.25) is 0 Å². The zero-order valence-electron chi connectivity index (χ0n) is 11.4. The highest BCUT2D eigenvalue weighted by molar-refractivity contribution is 9.08. The predicted octanol–water partition coefficient (Wildman–Crippen LogP) is 4.27. The molecule has 0 saturated heterocycles. The summed E-state index contributed by atoms with van der Waals surface area (Å²) in [5.41, 5.74) is 0.193. The molecule has 0 radical (unpaired) electrons. The number of rotatable bonds is 3. The van der Waals surface area contributed by atoms with Crippen molar-refractivity contribution in [1.82, 2.24) is 4.57 Å². The molecule has 2 rings (SSSR count). The number of hydrogen-bond donors (Lipinski definition) is 0. The van der Waals surface area contributed by atoms with Crippen molar-refractivity contribution in [2.24, 2.45) is 7.05 Å². The summed E-state index contributed by atoms with van der Waals surface area (Å²) in [6.07, 6.45) is -4.48. The lowest BCUT2D eigenvalue weighted by atomic mass is 10.1. The molecule has 7 heteroatoms. The molecular weight excluding hydrogens is 351 g/mol. The Kier molecular flexibility index (Phi) is 4.32. The smallest absolute Gasteiger partial charge is 0.417 e. The molecule has 3 nitrogen and oxygen atoms in total. The van der Waals surface area contributed by atoms with E-state index in [2.05, 4.69) is 15.9 Å². The number of ether oxygens (including phenoxy) is 1. The predicted molar refractivity (Wildman–Crippen MR) is 76.5 cm³/mol. The van der Waals surface area contributed by atoms with E-state index in [1.54, 1.807) is 20.0 Å². The molecule has 114 valence electrons. The number of carbonyl (C=O) groups is 1. The number of aromatic nitrogens is 1. The summed E-state index contributed by atoms with van der Waals surface area (Å²) in [7, 11) is 1.55. The Morgan fingerprint density at radius 2 is 2.00 bits per heavy atom. The maximum Gasteiger partial charge on any atom is 0.417 e. The van der Waals surface area contributed by atoms with Crippen molar-refractivity contribution in [3.8, 4) is 0 Å². The maximum atomic E-state index is 13.2. The van der Waals surface area contributed by atoms with Gasteiger partial charge in [0.15, 0.2) is 0 Å². The standard InChI is InChI=1S/C14H13BrF3NO2/c1-3-21-13(20)12-6-9-10(14(16,17)18)4-8(7-15)5-11(9)19(12)2/h4-6H,3,7H2,1-2H3. The first-order chi connectivity index (χ1) is 9.79. The Balaban J connectivity index is 2.74. The fourth-order valence-corrected chi connectivity index (χ4v) is 2.52. The molecule has 0 amide bonds. The van der Waals surface area contributed by atoms with Crippen LogP contribution in [0.5, 0.6) is 0 Å². The van der Waals surface area contributed by atoms with Gasteiger partial charge >= 0.3 is 12.1 Å². The summed E-state index contributed by atoms with van der Waals surface area (Å²) in [6.45, 7) is 1.81. The SMILES string of the molecule is CCOC(=O)c1cc2c(C(F)(F)F)cc(CBr)cc2n1C. The van der Waals surface area contributed by atoms with Crippen LogP contribution in [0.25, 0.3) is 10.9 Å². The molecule has 0 N–H and O–H groups in total. The van der Waals surface area contributed by atoms with E-state index in [1.165, 1.54) is 10.6 Å². The van der Waals surface area contributed by atoms with Gasteiger partial charge < -0.3 is 9.30 Å². The lowest BCUT2D eigenvalue weighted by Crippen LogP contribution is -2.09. The van der Waals surface area contributed by atoms with E-state index in [-0.39, 0.29) is 17.7 Å². The van der Waals surface area contributed by atoms with Gasteiger partial charge in [-0.1, -0.05) is 15.9 Å². The number of hydrogen-bond acceptors (Lipinski definition) is 2. The Morgan fingerprint density at radius 1 is 1.33 bits per heavy atom. The highest BCUT2D eigenvalue weighted by Crippen LogP contribution is 2.37. The molecule has 0 fully saturated rings. The van der Waals surface area contributed by atoms with Gasteiger partial charge in [-0.3, -0.25) is 0 Å². The number of esters is 1.